The van der Waals surface area contributed by atoms with E-state index in [0.29, 0.717) is 12.8 Å². The number of carbonyl (C=O) groups excluding carboxylic acids is 2. The fraction of sp³-hybridized carbons (Fsp3) is 0.294. The molecule has 2 N–H and O–H groups in total. The molecule has 0 spiro atoms. The van der Waals surface area contributed by atoms with E-state index in [0.717, 1.165) is 30.9 Å². The zero-order valence-corrected chi connectivity index (χ0v) is 13.3. The van der Waals surface area contributed by atoms with Crippen LogP contribution in [-0.2, 0) is 0 Å². The fourth-order valence-electron chi connectivity index (χ4n) is 2.69. The van der Waals surface area contributed by atoms with Crippen molar-refractivity contribution in [2.45, 2.75) is 24.8 Å². The lowest BCUT2D eigenvalue weighted by molar-refractivity contribution is 0.0788. The first kappa shape index (κ1) is 16.9. The molecule has 8 heteroatoms. The van der Waals surface area contributed by atoms with Gasteiger partial charge in [0, 0.05) is 18.9 Å². The van der Waals surface area contributed by atoms with E-state index in [1.165, 1.54) is 12.4 Å². The van der Waals surface area contributed by atoms with Gasteiger partial charge in [0.2, 0.25) is 0 Å². The van der Waals surface area contributed by atoms with Crippen LogP contribution in [0, 0.1) is 11.6 Å². The maximum absolute atomic E-state index is 13.2. The highest BCUT2D eigenvalue weighted by Gasteiger charge is 2.39. The molecule has 1 aliphatic rings. The van der Waals surface area contributed by atoms with Gasteiger partial charge in [-0.05, 0) is 31.4 Å². The van der Waals surface area contributed by atoms with E-state index in [4.69, 9.17) is 0 Å². The molecule has 0 aromatic carbocycles. The molecule has 0 radical (unpaired) electrons. The predicted octanol–water partition coefficient (Wildman–Crippen LogP) is 1.84. The molecule has 2 heterocycles. The van der Waals surface area contributed by atoms with Gasteiger partial charge in [0.15, 0.2) is 0 Å². The number of hydrogen-bond acceptors (Lipinski definition) is 4. The minimum absolute atomic E-state index is 0.107. The van der Waals surface area contributed by atoms with Crippen molar-refractivity contribution in [3.8, 4) is 0 Å². The van der Waals surface area contributed by atoms with Gasteiger partial charge in [-0.2, -0.15) is 0 Å². The van der Waals surface area contributed by atoms with Crippen molar-refractivity contribution in [1.82, 2.24) is 20.6 Å². The van der Waals surface area contributed by atoms with Crippen LogP contribution in [0.3, 0.4) is 0 Å². The third-order valence-electron chi connectivity index (χ3n) is 4.21. The second-order valence-electron chi connectivity index (χ2n) is 6.05. The highest BCUT2D eigenvalue weighted by atomic mass is 19.1. The van der Waals surface area contributed by atoms with Gasteiger partial charge < -0.3 is 10.6 Å². The Hall–Kier alpha value is -2.90. The van der Waals surface area contributed by atoms with Crippen LogP contribution in [0.4, 0.5) is 8.78 Å². The third-order valence-corrected chi connectivity index (χ3v) is 4.21. The number of nitrogens with one attached hydrogen (secondary N) is 2. The van der Waals surface area contributed by atoms with Crippen molar-refractivity contribution in [3.63, 3.8) is 0 Å². The number of nitrogens with zero attached hydrogens (tertiary/aromatic N) is 2. The van der Waals surface area contributed by atoms with Gasteiger partial charge in [0.25, 0.3) is 11.8 Å². The number of carbonyl (C=O) groups is 2. The fourth-order valence-corrected chi connectivity index (χ4v) is 2.69. The molecule has 130 valence electrons. The number of amides is 2. The molecule has 0 aliphatic heterocycles. The lowest BCUT2D eigenvalue weighted by atomic mass is 9.76. The van der Waals surface area contributed by atoms with Crippen LogP contribution in [0.2, 0.25) is 0 Å². The predicted molar refractivity (Wildman–Crippen MR) is 84.8 cm³/mol. The van der Waals surface area contributed by atoms with Crippen LogP contribution in [0.5, 0.6) is 0 Å². The standard InChI is InChI=1S/C17H16F2N4O2/c18-13-4-11(6-20-8-13)15(24)22-10-17(2-1-3-17)23-16(25)12-5-14(19)9-21-7-12/h4-9H,1-3,10H2,(H,22,24)(H,23,25). The summed E-state index contributed by atoms with van der Waals surface area (Å²) in [5.74, 6) is -2.12. The Morgan fingerprint density at radius 3 is 2.00 bits per heavy atom. The molecular weight excluding hydrogens is 330 g/mol. The van der Waals surface area contributed by atoms with Crippen LogP contribution in [0.25, 0.3) is 0 Å². The zero-order chi connectivity index (χ0) is 17.9. The second-order valence-corrected chi connectivity index (χ2v) is 6.05. The SMILES string of the molecule is O=C(NCC1(NC(=O)c2cncc(F)c2)CCC1)c1cncc(F)c1. The van der Waals surface area contributed by atoms with Gasteiger partial charge >= 0.3 is 0 Å². The van der Waals surface area contributed by atoms with Gasteiger partial charge in [-0.25, -0.2) is 8.78 Å². The minimum Gasteiger partial charge on any atom is -0.350 e. The van der Waals surface area contributed by atoms with Crippen molar-refractivity contribution in [2.24, 2.45) is 0 Å². The minimum atomic E-state index is -0.599. The number of rotatable bonds is 5. The number of hydrogen-bond donors (Lipinski definition) is 2. The summed E-state index contributed by atoms with van der Waals surface area (Å²) in [6, 6.07) is 2.19. The Bertz CT molecular complexity index is 809. The normalized spacial score (nSPS) is 15.1. The first-order chi connectivity index (χ1) is 12.0. The Kier molecular flexibility index (Phi) is 4.69. The van der Waals surface area contributed by atoms with Gasteiger partial charge in [0.05, 0.1) is 29.1 Å². The van der Waals surface area contributed by atoms with Crippen LogP contribution >= 0.6 is 0 Å². The average molecular weight is 346 g/mol. The van der Waals surface area contributed by atoms with Crippen molar-refractivity contribution >= 4 is 11.8 Å². The Morgan fingerprint density at radius 1 is 0.960 bits per heavy atom. The Balaban J connectivity index is 1.63. The molecule has 0 atom stereocenters. The summed E-state index contributed by atoms with van der Waals surface area (Å²) in [5, 5.41) is 5.53. The van der Waals surface area contributed by atoms with Crippen LogP contribution < -0.4 is 10.6 Å². The van der Waals surface area contributed by atoms with Crippen molar-refractivity contribution in [3.05, 3.63) is 59.7 Å². The van der Waals surface area contributed by atoms with Gasteiger partial charge in [-0.1, -0.05) is 0 Å². The first-order valence-electron chi connectivity index (χ1n) is 7.79. The topological polar surface area (TPSA) is 84.0 Å². The summed E-state index contributed by atoms with van der Waals surface area (Å²) in [4.78, 5) is 31.7. The first-order valence-corrected chi connectivity index (χ1v) is 7.79. The van der Waals surface area contributed by atoms with Crippen LogP contribution in [0.15, 0.2) is 36.9 Å². The lowest BCUT2D eigenvalue weighted by Gasteiger charge is -2.42. The summed E-state index contributed by atoms with van der Waals surface area (Å²) >= 11 is 0. The second kappa shape index (κ2) is 6.92. The molecule has 2 aromatic rings. The van der Waals surface area contributed by atoms with Crippen LogP contribution in [-0.4, -0.2) is 33.9 Å². The molecule has 6 nitrogen and oxygen atoms in total. The molecule has 3 rings (SSSR count). The molecule has 2 aromatic heterocycles. The summed E-state index contributed by atoms with van der Waals surface area (Å²) in [6.07, 6.45) is 6.84. The quantitative estimate of drug-likeness (QED) is 0.865. The van der Waals surface area contributed by atoms with Gasteiger partial charge in [-0.15, -0.1) is 0 Å². The summed E-state index contributed by atoms with van der Waals surface area (Å²) in [5.41, 5.74) is -0.373. The monoisotopic (exact) mass is 346 g/mol. The number of aromatic nitrogens is 2. The zero-order valence-electron chi connectivity index (χ0n) is 13.3. The maximum Gasteiger partial charge on any atom is 0.253 e. The molecule has 1 saturated carbocycles. The molecular formula is C17H16F2N4O2. The van der Waals surface area contributed by atoms with E-state index in [2.05, 4.69) is 20.6 Å². The van der Waals surface area contributed by atoms with Crippen LogP contribution in [0.1, 0.15) is 40.0 Å². The molecule has 1 fully saturated rings. The average Bonchev–Trinajstić information content (AvgIpc) is 2.56. The van der Waals surface area contributed by atoms with Gasteiger partial charge in [0.1, 0.15) is 11.6 Å². The summed E-state index contributed by atoms with van der Waals surface area (Å²) in [6.45, 7) is 0.191. The number of halogens is 2. The maximum atomic E-state index is 13.2. The van der Waals surface area contributed by atoms with E-state index >= 15 is 0 Å². The van der Waals surface area contributed by atoms with Crippen molar-refractivity contribution in [1.29, 1.82) is 0 Å². The smallest absolute Gasteiger partial charge is 0.253 e. The third kappa shape index (κ3) is 3.96. The lowest BCUT2D eigenvalue weighted by Crippen LogP contribution is -2.59. The summed E-state index contributed by atoms with van der Waals surface area (Å²) in [7, 11) is 0. The van der Waals surface area contributed by atoms with E-state index in [1.54, 1.807) is 0 Å². The van der Waals surface area contributed by atoms with E-state index in [1.807, 2.05) is 0 Å². The van der Waals surface area contributed by atoms with Crippen molar-refractivity contribution in [2.75, 3.05) is 6.54 Å². The van der Waals surface area contributed by atoms with Gasteiger partial charge in [-0.3, -0.25) is 19.6 Å². The Morgan fingerprint density at radius 2 is 1.52 bits per heavy atom. The molecule has 1 aliphatic carbocycles. The Labute approximate surface area is 142 Å². The largest absolute Gasteiger partial charge is 0.350 e. The van der Waals surface area contributed by atoms with E-state index in [-0.39, 0.29) is 17.7 Å². The van der Waals surface area contributed by atoms with E-state index < -0.39 is 29.0 Å². The molecule has 2 amide bonds. The molecule has 0 unspecified atom stereocenters. The molecule has 0 saturated heterocycles. The highest BCUT2D eigenvalue weighted by molar-refractivity contribution is 5.95. The highest BCUT2D eigenvalue weighted by Crippen LogP contribution is 2.31. The van der Waals surface area contributed by atoms with Crippen molar-refractivity contribution < 1.29 is 18.4 Å². The molecule has 0 bridgehead atoms. The van der Waals surface area contributed by atoms with E-state index in [9.17, 15) is 18.4 Å². The number of pyridine rings is 2. The summed E-state index contributed by atoms with van der Waals surface area (Å²) < 4.78 is 26.3. The molecule has 25 heavy (non-hydrogen) atoms.